The number of sulfone groups is 1. The zero-order chi connectivity index (χ0) is 18.3. The van der Waals surface area contributed by atoms with Crippen LogP contribution in [-0.4, -0.2) is 51.4 Å². The van der Waals surface area contributed by atoms with Crippen LogP contribution in [0, 0.1) is 0 Å². The van der Waals surface area contributed by atoms with E-state index in [2.05, 4.69) is 20.9 Å². The fourth-order valence-electron chi connectivity index (χ4n) is 2.73. The van der Waals surface area contributed by atoms with E-state index in [4.69, 9.17) is 0 Å². The van der Waals surface area contributed by atoms with Crippen LogP contribution in [0.4, 0.5) is 0 Å². The van der Waals surface area contributed by atoms with Crippen molar-refractivity contribution >= 4 is 21.7 Å². The molecule has 1 aromatic rings. The summed E-state index contributed by atoms with van der Waals surface area (Å²) in [7, 11) is -1.30. The van der Waals surface area contributed by atoms with Crippen LogP contribution in [0.25, 0.3) is 0 Å². The molecule has 138 valence electrons. The molecule has 25 heavy (non-hydrogen) atoms. The van der Waals surface area contributed by atoms with Crippen molar-refractivity contribution in [1.29, 1.82) is 0 Å². The first kappa shape index (κ1) is 19.2. The number of guanidine groups is 1. The van der Waals surface area contributed by atoms with Crippen LogP contribution < -0.4 is 16.0 Å². The van der Waals surface area contributed by atoms with Crippen molar-refractivity contribution in [2.45, 2.75) is 31.8 Å². The van der Waals surface area contributed by atoms with Crippen LogP contribution in [0.1, 0.15) is 31.4 Å². The number of nitrogens with one attached hydrogen (secondary N) is 3. The van der Waals surface area contributed by atoms with Crippen molar-refractivity contribution in [2.75, 3.05) is 25.1 Å². The van der Waals surface area contributed by atoms with Gasteiger partial charge in [-0.3, -0.25) is 9.79 Å². The molecule has 2 unspecified atom stereocenters. The molecular formula is C17H26N4O3S. The Kier molecular flexibility index (Phi) is 6.81. The smallest absolute Gasteiger partial charge is 0.222 e. The Morgan fingerprint density at radius 2 is 2.04 bits per heavy atom. The molecule has 1 saturated heterocycles. The summed E-state index contributed by atoms with van der Waals surface area (Å²) in [6.45, 7) is 2.46. The quantitative estimate of drug-likeness (QED) is 0.506. The standard InChI is InChI=1S/C17H26N4O3S/c1-13(14-6-4-3-5-7-14)20-17(18-2)19-10-8-16(22)21-15-9-11-25(23,24)12-15/h3-7,13,15H,8-12H2,1-2H3,(H,21,22)(H2,18,19,20). The molecule has 2 rings (SSSR count). The molecule has 0 radical (unpaired) electrons. The van der Waals surface area contributed by atoms with Crippen molar-refractivity contribution in [3.05, 3.63) is 35.9 Å². The van der Waals surface area contributed by atoms with E-state index >= 15 is 0 Å². The lowest BCUT2D eigenvalue weighted by atomic mass is 10.1. The summed E-state index contributed by atoms with van der Waals surface area (Å²) in [6.07, 6.45) is 0.760. The fourth-order valence-corrected chi connectivity index (χ4v) is 4.40. The average Bonchev–Trinajstić information content (AvgIpc) is 2.93. The third kappa shape index (κ3) is 6.38. The van der Waals surface area contributed by atoms with E-state index in [9.17, 15) is 13.2 Å². The lowest BCUT2D eigenvalue weighted by Crippen LogP contribution is -2.41. The molecule has 1 amide bonds. The molecule has 2 atom stereocenters. The van der Waals surface area contributed by atoms with Crippen LogP contribution in [0.2, 0.25) is 0 Å². The summed E-state index contributed by atoms with van der Waals surface area (Å²) >= 11 is 0. The Balaban J connectivity index is 1.71. The van der Waals surface area contributed by atoms with E-state index in [0.29, 0.717) is 18.9 Å². The van der Waals surface area contributed by atoms with Crippen LogP contribution in [0.5, 0.6) is 0 Å². The zero-order valence-electron chi connectivity index (χ0n) is 14.7. The predicted molar refractivity (Wildman–Crippen MR) is 99.2 cm³/mol. The third-order valence-corrected chi connectivity index (χ3v) is 5.89. The maximum absolute atomic E-state index is 11.9. The maximum Gasteiger partial charge on any atom is 0.222 e. The number of benzene rings is 1. The van der Waals surface area contributed by atoms with Crippen LogP contribution in [-0.2, 0) is 14.6 Å². The molecule has 1 aliphatic heterocycles. The molecule has 1 aromatic carbocycles. The van der Waals surface area contributed by atoms with Gasteiger partial charge in [-0.05, 0) is 18.9 Å². The average molecular weight is 366 g/mol. The fraction of sp³-hybridized carbons (Fsp3) is 0.529. The van der Waals surface area contributed by atoms with Crippen LogP contribution >= 0.6 is 0 Å². The molecule has 3 N–H and O–H groups in total. The molecular weight excluding hydrogens is 340 g/mol. The minimum absolute atomic E-state index is 0.0456. The first-order valence-electron chi connectivity index (χ1n) is 8.41. The summed E-state index contributed by atoms with van der Waals surface area (Å²) in [4.78, 5) is 16.1. The van der Waals surface area contributed by atoms with E-state index in [0.717, 1.165) is 5.56 Å². The lowest BCUT2D eigenvalue weighted by Gasteiger charge is -2.18. The van der Waals surface area contributed by atoms with Crippen LogP contribution in [0.3, 0.4) is 0 Å². The van der Waals surface area contributed by atoms with E-state index < -0.39 is 9.84 Å². The molecule has 0 spiro atoms. The van der Waals surface area contributed by atoms with Gasteiger partial charge in [0.25, 0.3) is 0 Å². The van der Waals surface area contributed by atoms with Gasteiger partial charge in [0.15, 0.2) is 15.8 Å². The van der Waals surface area contributed by atoms with Gasteiger partial charge in [0.1, 0.15) is 0 Å². The van der Waals surface area contributed by atoms with Gasteiger partial charge >= 0.3 is 0 Å². The highest BCUT2D eigenvalue weighted by molar-refractivity contribution is 7.91. The molecule has 0 bridgehead atoms. The number of aliphatic imine (C=N–C) groups is 1. The number of carbonyl (C=O) groups excluding carboxylic acids is 1. The van der Waals surface area contributed by atoms with Gasteiger partial charge in [-0.1, -0.05) is 30.3 Å². The molecule has 0 aliphatic carbocycles. The normalized spacial score (nSPS) is 20.7. The predicted octanol–water partition coefficient (Wildman–Crippen LogP) is 0.606. The van der Waals surface area contributed by atoms with Crippen LogP contribution in [0.15, 0.2) is 35.3 Å². The number of rotatable bonds is 6. The number of hydrogen-bond donors (Lipinski definition) is 3. The summed E-state index contributed by atoms with van der Waals surface area (Å²) in [5.74, 6) is 0.669. The number of carbonyl (C=O) groups is 1. The van der Waals surface area contributed by atoms with Crippen molar-refractivity contribution < 1.29 is 13.2 Å². The molecule has 0 saturated carbocycles. The van der Waals surface area contributed by atoms with Gasteiger partial charge < -0.3 is 16.0 Å². The maximum atomic E-state index is 11.9. The van der Waals surface area contributed by atoms with Gasteiger partial charge in [-0.2, -0.15) is 0 Å². The first-order chi connectivity index (χ1) is 11.9. The minimum Gasteiger partial charge on any atom is -0.356 e. The molecule has 0 aromatic heterocycles. The molecule has 8 heteroatoms. The van der Waals surface area contributed by atoms with Crippen molar-refractivity contribution in [3.63, 3.8) is 0 Å². The van der Waals surface area contributed by atoms with Crippen molar-refractivity contribution in [2.24, 2.45) is 4.99 Å². The molecule has 1 heterocycles. The summed E-state index contributed by atoms with van der Waals surface area (Å²) in [6, 6.07) is 9.84. The zero-order valence-corrected chi connectivity index (χ0v) is 15.5. The topological polar surface area (TPSA) is 99.7 Å². The lowest BCUT2D eigenvalue weighted by molar-refractivity contribution is -0.121. The first-order valence-corrected chi connectivity index (χ1v) is 10.2. The van der Waals surface area contributed by atoms with Gasteiger partial charge in [0.05, 0.1) is 17.5 Å². The summed E-state index contributed by atoms with van der Waals surface area (Å²) < 4.78 is 22.8. The van der Waals surface area contributed by atoms with E-state index in [-0.39, 0.29) is 35.9 Å². The molecule has 7 nitrogen and oxygen atoms in total. The Hall–Kier alpha value is -2.09. The highest BCUT2D eigenvalue weighted by Gasteiger charge is 2.28. The second-order valence-electron chi connectivity index (χ2n) is 6.19. The molecule has 1 aliphatic rings. The van der Waals surface area contributed by atoms with E-state index in [1.807, 2.05) is 37.3 Å². The van der Waals surface area contributed by atoms with Gasteiger partial charge in [0.2, 0.25) is 5.91 Å². The Labute approximate surface area is 149 Å². The SMILES string of the molecule is CN=C(NCCC(=O)NC1CCS(=O)(=O)C1)NC(C)c1ccccc1. The highest BCUT2D eigenvalue weighted by atomic mass is 32.2. The Morgan fingerprint density at radius 3 is 2.64 bits per heavy atom. The number of nitrogens with zero attached hydrogens (tertiary/aromatic N) is 1. The van der Waals surface area contributed by atoms with Gasteiger partial charge in [-0.25, -0.2) is 8.42 Å². The molecule has 1 fully saturated rings. The van der Waals surface area contributed by atoms with E-state index in [1.165, 1.54) is 0 Å². The number of hydrogen-bond acceptors (Lipinski definition) is 4. The second-order valence-corrected chi connectivity index (χ2v) is 8.42. The monoisotopic (exact) mass is 366 g/mol. The Bertz CT molecular complexity index is 704. The summed E-state index contributed by atoms with van der Waals surface area (Å²) in [5.41, 5.74) is 1.14. The Morgan fingerprint density at radius 1 is 1.32 bits per heavy atom. The van der Waals surface area contributed by atoms with Crippen molar-refractivity contribution in [3.8, 4) is 0 Å². The second kappa shape index (κ2) is 8.84. The van der Waals surface area contributed by atoms with Gasteiger partial charge in [0, 0.05) is 26.1 Å². The number of amides is 1. The largest absolute Gasteiger partial charge is 0.356 e. The highest BCUT2D eigenvalue weighted by Crippen LogP contribution is 2.11. The summed E-state index contributed by atoms with van der Waals surface area (Å²) in [5, 5.41) is 9.14. The van der Waals surface area contributed by atoms with E-state index in [1.54, 1.807) is 7.05 Å². The van der Waals surface area contributed by atoms with Gasteiger partial charge in [-0.15, -0.1) is 0 Å². The minimum atomic E-state index is -2.98. The third-order valence-electron chi connectivity index (χ3n) is 4.12. The van der Waals surface area contributed by atoms with Crippen molar-refractivity contribution in [1.82, 2.24) is 16.0 Å².